The van der Waals surface area contributed by atoms with Crippen LogP contribution in [0.3, 0.4) is 0 Å². The van der Waals surface area contributed by atoms with Gasteiger partial charge >= 0.3 is 0 Å². The molecule has 0 aliphatic heterocycles. The minimum absolute atomic E-state index is 0.240. The Bertz CT molecular complexity index is 337. The summed E-state index contributed by atoms with van der Waals surface area (Å²) in [5, 5.41) is 27.8. The van der Waals surface area contributed by atoms with Crippen LogP contribution in [0.4, 0.5) is 0 Å². The highest BCUT2D eigenvalue weighted by Crippen LogP contribution is 2.42. The third kappa shape index (κ3) is 1.98. The molecule has 72 valence electrons. The van der Waals surface area contributed by atoms with Crippen molar-refractivity contribution < 1.29 is 15.3 Å². The highest BCUT2D eigenvalue weighted by molar-refractivity contribution is 9.13. The van der Waals surface area contributed by atoms with Gasteiger partial charge in [0.2, 0.25) is 0 Å². The average Bonchev–Trinajstić information content (AvgIpc) is 2.07. The fraction of sp³-hybridized carbons (Fsp3) is 0.250. The minimum atomic E-state index is -0.711. The Hall–Kier alpha value is -0.260. The van der Waals surface area contributed by atoms with Crippen molar-refractivity contribution in [2.45, 2.75) is 13.0 Å². The van der Waals surface area contributed by atoms with Crippen LogP contribution >= 0.6 is 31.9 Å². The van der Waals surface area contributed by atoms with Crippen LogP contribution in [0.25, 0.3) is 0 Å². The first-order valence-corrected chi connectivity index (χ1v) is 5.11. The summed E-state index contributed by atoms with van der Waals surface area (Å²) in [6.45, 7) is 1.57. The lowest BCUT2D eigenvalue weighted by Crippen LogP contribution is -1.93. The first-order valence-electron chi connectivity index (χ1n) is 3.53. The molecule has 0 radical (unpaired) electrons. The van der Waals surface area contributed by atoms with Crippen molar-refractivity contribution in [3.05, 3.63) is 20.6 Å². The molecule has 0 saturated carbocycles. The number of rotatable bonds is 1. The molecule has 1 unspecified atom stereocenters. The van der Waals surface area contributed by atoms with Gasteiger partial charge in [-0.2, -0.15) is 0 Å². The molecule has 0 saturated heterocycles. The van der Waals surface area contributed by atoms with Gasteiger partial charge in [0.05, 0.1) is 10.6 Å². The maximum absolute atomic E-state index is 9.30. The molecular weight excluding hydrogens is 304 g/mol. The molecule has 0 fully saturated rings. The van der Waals surface area contributed by atoms with Crippen LogP contribution in [0, 0.1) is 0 Å². The molecule has 0 spiro atoms. The summed E-state index contributed by atoms with van der Waals surface area (Å²) < 4.78 is 0.876. The molecule has 0 aliphatic carbocycles. The number of hydrogen-bond donors (Lipinski definition) is 3. The number of aliphatic hydroxyl groups is 1. The van der Waals surface area contributed by atoms with Crippen molar-refractivity contribution in [3.8, 4) is 11.5 Å². The van der Waals surface area contributed by atoms with E-state index in [0.717, 1.165) is 0 Å². The van der Waals surface area contributed by atoms with E-state index in [-0.39, 0.29) is 11.5 Å². The van der Waals surface area contributed by atoms with Crippen LogP contribution in [0.15, 0.2) is 15.0 Å². The van der Waals surface area contributed by atoms with Crippen molar-refractivity contribution >= 4 is 31.9 Å². The largest absolute Gasteiger partial charge is 0.504 e. The first-order chi connectivity index (χ1) is 5.95. The summed E-state index contributed by atoms with van der Waals surface area (Å²) in [6.07, 6.45) is -0.711. The van der Waals surface area contributed by atoms with Gasteiger partial charge in [-0.05, 0) is 50.4 Å². The van der Waals surface area contributed by atoms with Gasteiger partial charge < -0.3 is 15.3 Å². The number of aliphatic hydroxyl groups excluding tert-OH is 1. The van der Waals surface area contributed by atoms with E-state index in [4.69, 9.17) is 0 Å². The van der Waals surface area contributed by atoms with E-state index in [1.54, 1.807) is 6.92 Å². The SMILES string of the molecule is CC(O)c1cc(O)c(O)c(Br)c1Br. The molecule has 1 aromatic rings. The van der Waals surface area contributed by atoms with Gasteiger partial charge in [-0.1, -0.05) is 0 Å². The minimum Gasteiger partial charge on any atom is -0.504 e. The van der Waals surface area contributed by atoms with Crippen LogP contribution in [0.2, 0.25) is 0 Å². The van der Waals surface area contributed by atoms with Crippen molar-refractivity contribution in [1.29, 1.82) is 0 Å². The zero-order valence-electron chi connectivity index (χ0n) is 6.75. The number of phenolic OH excluding ortho intramolecular Hbond substituents is 2. The van der Waals surface area contributed by atoms with E-state index >= 15 is 0 Å². The average molecular weight is 312 g/mol. The molecule has 1 rings (SSSR count). The highest BCUT2D eigenvalue weighted by Gasteiger charge is 2.16. The van der Waals surface area contributed by atoms with Gasteiger partial charge in [0, 0.05) is 4.47 Å². The Kier molecular flexibility index (Phi) is 3.21. The third-order valence-corrected chi connectivity index (χ3v) is 3.80. The summed E-state index contributed by atoms with van der Waals surface area (Å²) in [6, 6.07) is 1.31. The first kappa shape index (κ1) is 10.8. The fourth-order valence-electron chi connectivity index (χ4n) is 0.926. The molecule has 3 nitrogen and oxygen atoms in total. The molecule has 0 bridgehead atoms. The van der Waals surface area contributed by atoms with E-state index in [2.05, 4.69) is 31.9 Å². The summed E-state index contributed by atoms with van der Waals surface area (Å²) in [5.74, 6) is -0.498. The van der Waals surface area contributed by atoms with Gasteiger partial charge in [-0.3, -0.25) is 0 Å². The Morgan fingerprint density at radius 1 is 1.23 bits per heavy atom. The summed E-state index contributed by atoms with van der Waals surface area (Å²) in [5.41, 5.74) is 0.516. The van der Waals surface area contributed by atoms with Crippen LogP contribution in [-0.4, -0.2) is 15.3 Å². The standard InChI is InChI=1S/C8H8Br2O3/c1-3(11)4-2-5(12)8(13)7(10)6(4)9/h2-3,11-13H,1H3. The predicted octanol–water partition coefficient (Wildman–Crippen LogP) is 2.68. The molecule has 5 heteroatoms. The second kappa shape index (κ2) is 3.86. The van der Waals surface area contributed by atoms with Crippen LogP contribution in [0.5, 0.6) is 11.5 Å². The summed E-state index contributed by atoms with van der Waals surface area (Å²) >= 11 is 6.27. The van der Waals surface area contributed by atoms with E-state index in [0.29, 0.717) is 14.5 Å². The smallest absolute Gasteiger partial charge is 0.173 e. The normalized spacial score (nSPS) is 12.9. The van der Waals surface area contributed by atoms with Crippen molar-refractivity contribution in [3.63, 3.8) is 0 Å². The molecule has 1 atom stereocenters. The Balaban J connectivity index is 3.41. The number of phenols is 2. The van der Waals surface area contributed by atoms with Gasteiger partial charge in [0.1, 0.15) is 0 Å². The molecule has 0 amide bonds. The number of benzene rings is 1. The van der Waals surface area contributed by atoms with E-state index < -0.39 is 6.10 Å². The summed E-state index contributed by atoms with van der Waals surface area (Å²) in [4.78, 5) is 0. The van der Waals surface area contributed by atoms with Gasteiger partial charge in [-0.25, -0.2) is 0 Å². The van der Waals surface area contributed by atoms with Gasteiger partial charge in [0.25, 0.3) is 0 Å². The lowest BCUT2D eigenvalue weighted by atomic mass is 10.1. The van der Waals surface area contributed by atoms with Crippen LogP contribution in [0.1, 0.15) is 18.6 Å². The highest BCUT2D eigenvalue weighted by atomic mass is 79.9. The molecule has 3 N–H and O–H groups in total. The third-order valence-electron chi connectivity index (χ3n) is 1.64. The predicted molar refractivity (Wildman–Crippen MR) is 55.8 cm³/mol. The van der Waals surface area contributed by atoms with Crippen molar-refractivity contribution in [1.82, 2.24) is 0 Å². The second-order valence-corrected chi connectivity index (χ2v) is 4.22. The number of halogens is 2. The molecule has 1 aromatic carbocycles. The zero-order valence-corrected chi connectivity index (χ0v) is 9.92. The lowest BCUT2D eigenvalue weighted by Gasteiger charge is -2.11. The van der Waals surface area contributed by atoms with Crippen LogP contribution in [-0.2, 0) is 0 Å². The van der Waals surface area contributed by atoms with Gasteiger partial charge in [0.15, 0.2) is 11.5 Å². The maximum Gasteiger partial charge on any atom is 0.173 e. The monoisotopic (exact) mass is 310 g/mol. The van der Waals surface area contributed by atoms with Crippen LogP contribution < -0.4 is 0 Å². The maximum atomic E-state index is 9.30. The summed E-state index contributed by atoms with van der Waals surface area (Å²) in [7, 11) is 0. The fourth-order valence-corrected chi connectivity index (χ4v) is 1.99. The molecule has 0 aromatic heterocycles. The van der Waals surface area contributed by atoms with Crippen molar-refractivity contribution in [2.24, 2.45) is 0 Å². The number of hydrogen-bond acceptors (Lipinski definition) is 3. The molecular formula is C8H8Br2O3. The molecule has 0 aliphatic rings. The van der Waals surface area contributed by atoms with E-state index in [1.807, 2.05) is 0 Å². The van der Waals surface area contributed by atoms with E-state index in [9.17, 15) is 15.3 Å². The zero-order chi connectivity index (χ0) is 10.2. The Labute approximate surface area is 92.3 Å². The Morgan fingerprint density at radius 2 is 1.77 bits per heavy atom. The van der Waals surface area contributed by atoms with E-state index in [1.165, 1.54) is 6.07 Å². The number of aromatic hydroxyl groups is 2. The second-order valence-electron chi connectivity index (χ2n) is 2.64. The molecule has 13 heavy (non-hydrogen) atoms. The quantitative estimate of drug-likeness (QED) is 0.699. The molecule has 0 heterocycles. The topological polar surface area (TPSA) is 60.7 Å². The van der Waals surface area contributed by atoms with Crippen molar-refractivity contribution in [2.75, 3.05) is 0 Å². The lowest BCUT2D eigenvalue weighted by molar-refractivity contribution is 0.197. The van der Waals surface area contributed by atoms with Gasteiger partial charge in [-0.15, -0.1) is 0 Å². The Morgan fingerprint density at radius 3 is 2.23 bits per heavy atom.